The Labute approximate surface area is 239 Å². The lowest BCUT2D eigenvalue weighted by Crippen LogP contribution is -2.25. The molecule has 0 fully saturated rings. The van der Waals surface area contributed by atoms with Crippen LogP contribution in [0.3, 0.4) is 0 Å². The maximum Gasteiger partial charge on any atom is 0.0780 e. The minimum Gasteiger partial charge on any atom is -0.256 e. The average Bonchev–Trinajstić information content (AvgIpc) is 3.52. The molecule has 9 rings (SSSR count). The van der Waals surface area contributed by atoms with E-state index in [2.05, 4.69) is 140 Å². The molecule has 2 aliphatic carbocycles. The van der Waals surface area contributed by atoms with E-state index in [1.165, 1.54) is 61.2 Å². The minimum absolute atomic E-state index is 0.298. The summed E-state index contributed by atoms with van der Waals surface area (Å²) in [5.41, 5.74) is 16.4. The van der Waals surface area contributed by atoms with Gasteiger partial charge in [0.2, 0.25) is 0 Å². The number of hydrogen-bond donors (Lipinski definition) is 0. The number of hydrogen-bond acceptors (Lipinski definition) is 1. The molecule has 0 radical (unpaired) electrons. The topological polar surface area (TPSA) is 12.9 Å². The van der Waals surface area contributed by atoms with Gasteiger partial charge < -0.3 is 0 Å². The summed E-state index contributed by atoms with van der Waals surface area (Å²) in [7, 11) is 0. The molecular weight excluding hydrogens is 494 g/mol. The van der Waals surface area contributed by atoms with Crippen LogP contribution < -0.4 is 0 Å². The van der Waals surface area contributed by atoms with Gasteiger partial charge in [-0.25, -0.2) is 0 Å². The summed E-state index contributed by atoms with van der Waals surface area (Å²) in [6, 6.07) is 53.5. The normalized spacial score (nSPS) is 13.6. The van der Waals surface area contributed by atoms with Gasteiger partial charge in [0.15, 0.2) is 0 Å². The van der Waals surface area contributed by atoms with Gasteiger partial charge in [-0.2, -0.15) is 0 Å². The first kappa shape index (κ1) is 22.5. The van der Waals surface area contributed by atoms with Gasteiger partial charge in [0.1, 0.15) is 0 Å². The third kappa shape index (κ3) is 2.98. The van der Waals surface area contributed by atoms with Crippen molar-refractivity contribution in [1.82, 2.24) is 4.98 Å². The molecule has 0 bridgehead atoms. The minimum atomic E-state index is -0.298. The number of pyridine rings is 1. The number of aromatic nitrogens is 1. The van der Waals surface area contributed by atoms with Gasteiger partial charge in [0, 0.05) is 17.1 Å². The molecule has 0 amide bonds. The van der Waals surface area contributed by atoms with E-state index in [4.69, 9.17) is 4.98 Å². The number of para-hydroxylation sites is 1. The lowest BCUT2D eigenvalue weighted by atomic mass is 9.70. The third-order valence-electron chi connectivity index (χ3n) is 9.14. The van der Waals surface area contributed by atoms with Gasteiger partial charge in [-0.15, -0.1) is 0 Å². The van der Waals surface area contributed by atoms with Crippen LogP contribution in [-0.2, 0) is 5.41 Å². The standard InChI is InChI=1S/C40H25N/c1-4-18-35-31(14-1)32-15-2-5-19-36(32)40(35)37-20-6-3-16-33(37)34-25-28(21-22-38(34)40)27-11-7-12-29(24-27)30-17-8-10-26-13-9-23-41-39(26)30/h1-25H. The van der Waals surface area contributed by atoms with Crippen LogP contribution in [0, 0.1) is 0 Å². The van der Waals surface area contributed by atoms with E-state index in [0.29, 0.717) is 0 Å². The number of fused-ring (bicyclic) bond motifs is 11. The Morgan fingerprint density at radius 1 is 0.366 bits per heavy atom. The lowest BCUT2D eigenvalue weighted by Gasteiger charge is -2.30. The SMILES string of the molecule is c1cc(-c2ccc3c(c2)-c2ccccc2C32c3ccccc3-c3ccccc32)cc(-c2cccc3cccnc23)c1. The second-order valence-electron chi connectivity index (χ2n) is 11.1. The van der Waals surface area contributed by atoms with Crippen LogP contribution in [0.25, 0.3) is 55.4 Å². The lowest BCUT2D eigenvalue weighted by molar-refractivity contribution is 0.794. The molecule has 0 aliphatic heterocycles. The summed E-state index contributed by atoms with van der Waals surface area (Å²) >= 11 is 0. The van der Waals surface area contributed by atoms with Gasteiger partial charge in [-0.1, -0.05) is 127 Å². The molecule has 0 atom stereocenters. The van der Waals surface area contributed by atoms with Gasteiger partial charge in [0.25, 0.3) is 0 Å². The van der Waals surface area contributed by atoms with Gasteiger partial charge in [-0.3, -0.25) is 4.98 Å². The molecule has 1 nitrogen and oxygen atoms in total. The molecular formula is C40H25N. The summed E-state index contributed by atoms with van der Waals surface area (Å²) in [6.07, 6.45) is 1.88. The molecule has 1 aromatic heterocycles. The van der Waals surface area contributed by atoms with E-state index < -0.39 is 0 Å². The summed E-state index contributed by atoms with van der Waals surface area (Å²) < 4.78 is 0. The second-order valence-corrected chi connectivity index (χ2v) is 11.1. The molecule has 41 heavy (non-hydrogen) atoms. The van der Waals surface area contributed by atoms with Gasteiger partial charge >= 0.3 is 0 Å². The Morgan fingerprint density at radius 3 is 1.63 bits per heavy atom. The van der Waals surface area contributed by atoms with Crippen molar-refractivity contribution in [2.24, 2.45) is 0 Å². The smallest absolute Gasteiger partial charge is 0.0780 e. The maximum atomic E-state index is 4.71. The van der Waals surface area contributed by atoms with E-state index in [9.17, 15) is 0 Å². The van der Waals surface area contributed by atoms with Gasteiger partial charge in [0.05, 0.1) is 10.9 Å². The second kappa shape index (κ2) is 8.36. The molecule has 1 spiro atoms. The van der Waals surface area contributed by atoms with Crippen LogP contribution in [0.15, 0.2) is 152 Å². The molecule has 2 aliphatic rings. The summed E-state index contributed by atoms with van der Waals surface area (Å²) in [5.74, 6) is 0. The Balaban J connectivity index is 1.26. The largest absolute Gasteiger partial charge is 0.256 e. The molecule has 7 aromatic rings. The average molecular weight is 520 g/mol. The summed E-state index contributed by atoms with van der Waals surface area (Å²) in [5, 5.41) is 1.16. The Kier molecular flexibility index (Phi) is 4.60. The highest BCUT2D eigenvalue weighted by molar-refractivity contribution is 5.97. The van der Waals surface area contributed by atoms with Crippen molar-refractivity contribution in [1.29, 1.82) is 0 Å². The van der Waals surface area contributed by atoms with Crippen molar-refractivity contribution in [3.05, 3.63) is 174 Å². The molecule has 190 valence electrons. The Morgan fingerprint density at radius 2 is 0.902 bits per heavy atom. The molecule has 0 N–H and O–H groups in total. The molecule has 1 heterocycles. The molecule has 0 saturated heterocycles. The highest BCUT2D eigenvalue weighted by atomic mass is 14.6. The molecule has 0 unspecified atom stereocenters. The van der Waals surface area contributed by atoms with E-state index in [0.717, 1.165) is 16.5 Å². The zero-order valence-corrected chi connectivity index (χ0v) is 22.4. The highest BCUT2D eigenvalue weighted by Gasteiger charge is 2.51. The fourth-order valence-corrected chi connectivity index (χ4v) is 7.48. The fourth-order valence-electron chi connectivity index (χ4n) is 7.48. The molecule has 1 heteroatoms. The first-order chi connectivity index (χ1) is 20.3. The van der Waals surface area contributed by atoms with E-state index in [1.54, 1.807) is 0 Å². The Hall–Kier alpha value is -5.27. The van der Waals surface area contributed by atoms with Crippen molar-refractivity contribution >= 4 is 10.9 Å². The highest BCUT2D eigenvalue weighted by Crippen LogP contribution is 2.62. The quantitative estimate of drug-likeness (QED) is 0.221. The van der Waals surface area contributed by atoms with Crippen LogP contribution in [0.5, 0.6) is 0 Å². The van der Waals surface area contributed by atoms with Gasteiger partial charge in [-0.05, 0) is 79.4 Å². The van der Waals surface area contributed by atoms with Crippen LogP contribution >= 0.6 is 0 Å². The number of rotatable bonds is 2. The predicted octanol–water partition coefficient (Wildman–Crippen LogP) is 9.91. The van der Waals surface area contributed by atoms with Crippen molar-refractivity contribution in [3.8, 4) is 44.5 Å². The van der Waals surface area contributed by atoms with E-state index in [-0.39, 0.29) is 5.41 Å². The number of benzene rings is 6. The molecule has 0 saturated carbocycles. The summed E-state index contributed by atoms with van der Waals surface area (Å²) in [4.78, 5) is 4.71. The van der Waals surface area contributed by atoms with Crippen LogP contribution in [0.4, 0.5) is 0 Å². The Bertz CT molecular complexity index is 2120. The fraction of sp³-hybridized carbons (Fsp3) is 0.0250. The van der Waals surface area contributed by atoms with Crippen LogP contribution in [-0.4, -0.2) is 4.98 Å². The zero-order chi connectivity index (χ0) is 27.0. The molecule has 6 aromatic carbocycles. The van der Waals surface area contributed by atoms with Crippen molar-refractivity contribution in [2.45, 2.75) is 5.41 Å². The van der Waals surface area contributed by atoms with Crippen molar-refractivity contribution in [2.75, 3.05) is 0 Å². The van der Waals surface area contributed by atoms with Crippen molar-refractivity contribution < 1.29 is 0 Å². The first-order valence-electron chi connectivity index (χ1n) is 14.2. The van der Waals surface area contributed by atoms with Crippen LogP contribution in [0.1, 0.15) is 22.3 Å². The third-order valence-corrected chi connectivity index (χ3v) is 9.14. The first-order valence-corrected chi connectivity index (χ1v) is 14.2. The number of nitrogens with zero attached hydrogens (tertiary/aromatic N) is 1. The predicted molar refractivity (Wildman–Crippen MR) is 169 cm³/mol. The van der Waals surface area contributed by atoms with E-state index >= 15 is 0 Å². The van der Waals surface area contributed by atoms with Crippen molar-refractivity contribution in [3.63, 3.8) is 0 Å². The zero-order valence-electron chi connectivity index (χ0n) is 22.4. The van der Waals surface area contributed by atoms with E-state index in [1.807, 2.05) is 12.3 Å². The summed E-state index contributed by atoms with van der Waals surface area (Å²) in [6.45, 7) is 0. The monoisotopic (exact) mass is 519 g/mol. The van der Waals surface area contributed by atoms with Crippen LogP contribution in [0.2, 0.25) is 0 Å². The maximum absolute atomic E-state index is 4.71.